The summed E-state index contributed by atoms with van der Waals surface area (Å²) in [7, 11) is 0. The minimum atomic E-state index is -0.835. The second-order valence-electron chi connectivity index (χ2n) is 6.57. The summed E-state index contributed by atoms with van der Waals surface area (Å²) >= 11 is 0. The first kappa shape index (κ1) is 13.9. The Balaban J connectivity index is 2.32. The number of hydrogen-bond donors (Lipinski definition) is 1. The van der Waals surface area contributed by atoms with Gasteiger partial charge in [-0.05, 0) is 36.3 Å². The Kier molecular flexibility index (Phi) is 3.57. The fraction of sp³-hybridized carbons (Fsp3) is 0.562. The number of para-hydroxylation sites is 1. The molecule has 0 aliphatic carbocycles. The summed E-state index contributed by atoms with van der Waals surface area (Å²) in [6.07, 6.45) is 1.14. The lowest BCUT2D eigenvalue weighted by atomic mass is 9.80. The number of aryl methyl sites for hydroxylation is 1. The lowest BCUT2D eigenvalue weighted by molar-refractivity contribution is 0.0697. The molecule has 0 spiro atoms. The summed E-state index contributed by atoms with van der Waals surface area (Å²) in [4.78, 5) is 13.6. The van der Waals surface area contributed by atoms with Gasteiger partial charge in [-0.3, -0.25) is 0 Å². The molecule has 1 fully saturated rings. The molecule has 1 atom stereocenters. The van der Waals surface area contributed by atoms with Crippen molar-refractivity contribution in [1.29, 1.82) is 0 Å². The molecule has 3 heteroatoms. The van der Waals surface area contributed by atoms with Gasteiger partial charge < -0.3 is 10.0 Å². The first-order valence-electron chi connectivity index (χ1n) is 6.88. The third kappa shape index (κ3) is 2.75. The van der Waals surface area contributed by atoms with Gasteiger partial charge in [-0.25, -0.2) is 4.79 Å². The summed E-state index contributed by atoms with van der Waals surface area (Å²) < 4.78 is 0. The Morgan fingerprint density at radius 3 is 2.58 bits per heavy atom. The molecule has 0 saturated carbocycles. The maximum Gasteiger partial charge on any atom is 0.337 e. The fourth-order valence-corrected chi connectivity index (χ4v) is 2.92. The molecule has 0 aromatic heterocycles. The van der Waals surface area contributed by atoms with Crippen LogP contribution in [0.15, 0.2) is 18.2 Å². The zero-order valence-electron chi connectivity index (χ0n) is 12.2. The van der Waals surface area contributed by atoms with E-state index in [2.05, 4.69) is 25.7 Å². The van der Waals surface area contributed by atoms with E-state index in [1.807, 2.05) is 19.1 Å². The first-order valence-corrected chi connectivity index (χ1v) is 6.88. The molecule has 1 aromatic rings. The van der Waals surface area contributed by atoms with Gasteiger partial charge in [0.1, 0.15) is 0 Å². The molecule has 0 bridgehead atoms. The molecule has 1 heterocycles. The molecule has 1 aliphatic heterocycles. The molecule has 104 valence electrons. The summed E-state index contributed by atoms with van der Waals surface area (Å²) in [5.41, 5.74) is 2.66. The number of rotatable bonds is 2. The van der Waals surface area contributed by atoms with Crippen LogP contribution in [-0.2, 0) is 0 Å². The van der Waals surface area contributed by atoms with Gasteiger partial charge in [-0.2, -0.15) is 0 Å². The topological polar surface area (TPSA) is 40.5 Å². The molecule has 1 saturated heterocycles. The number of carbonyl (C=O) groups is 1. The van der Waals surface area contributed by atoms with Crippen molar-refractivity contribution in [2.75, 3.05) is 18.0 Å². The van der Waals surface area contributed by atoms with Crippen molar-refractivity contribution in [2.24, 2.45) is 11.3 Å². The second-order valence-corrected chi connectivity index (χ2v) is 6.57. The molecule has 1 aliphatic rings. The highest BCUT2D eigenvalue weighted by atomic mass is 16.4. The number of hydrogen-bond acceptors (Lipinski definition) is 2. The van der Waals surface area contributed by atoms with Crippen LogP contribution < -0.4 is 4.90 Å². The van der Waals surface area contributed by atoms with Crippen molar-refractivity contribution in [3.05, 3.63) is 29.3 Å². The number of aromatic carboxylic acids is 1. The predicted molar refractivity (Wildman–Crippen MR) is 77.9 cm³/mol. The maximum atomic E-state index is 11.4. The van der Waals surface area contributed by atoms with E-state index in [9.17, 15) is 9.90 Å². The van der Waals surface area contributed by atoms with Crippen LogP contribution in [0, 0.1) is 18.3 Å². The minimum Gasteiger partial charge on any atom is -0.478 e. The second kappa shape index (κ2) is 4.87. The smallest absolute Gasteiger partial charge is 0.337 e. The molecule has 1 unspecified atom stereocenters. The molecule has 19 heavy (non-hydrogen) atoms. The number of carboxylic acids is 1. The van der Waals surface area contributed by atoms with Crippen LogP contribution in [0.4, 0.5) is 5.69 Å². The summed E-state index contributed by atoms with van der Waals surface area (Å²) in [6, 6.07) is 5.51. The van der Waals surface area contributed by atoms with Gasteiger partial charge in [-0.15, -0.1) is 0 Å². The van der Waals surface area contributed by atoms with E-state index in [4.69, 9.17) is 0 Å². The Labute approximate surface area is 115 Å². The monoisotopic (exact) mass is 261 g/mol. The van der Waals surface area contributed by atoms with Gasteiger partial charge in [0.2, 0.25) is 0 Å². The highest BCUT2D eigenvalue weighted by Crippen LogP contribution is 2.37. The number of anilines is 1. The van der Waals surface area contributed by atoms with Crippen LogP contribution in [0.5, 0.6) is 0 Å². The van der Waals surface area contributed by atoms with Crippen molar-refractivity contribution < 1.29 is 9.90 Å². The summed E-state index contributed by atoms with van der Waals surface area (Å²) in [6.45, 7) is 10.7. The van der Waals surface area contributed by atoms with E-state index >= 15 is 0 Å². The quantitative estimate of drug-likeness (QED) is 0.884. The highest BCUT2D eigenvalue weighted by Gasteiger charge is 2.33. The van der Waals surface area contributed by atoms with Gasteiger partial charge >= 0.3 is 5.97 Å². The highest BCUT2D eigenvalue weighted by molar-refractivity contribution is 5.95. The van der Waals surface area contributed by atoms with Gasteiger partial charge in [0, 0.05) is 13.1 Å². The van der Waals surface area contributed by atoms with E-state index in [-0.39, 0.29) is 5.41 Å². The van der Waals surface area contributed by atoms with Crippen molar-refractivity contribution >= 4 is 11.7 Å². The normalized spacial score (nSPS) is 19.8. The van der Waals surface area contributed by atoms with Crippen LogP contribution in [0.2, 0.25) is 0 Å². The average Bonchev–Trinajstić information content (AvgIpc) is 2.77. The molecule has 0 radical (unpaired) electrons. The SMILES string of the molecule is Cc1cccc(C(=O)O)c1N1CCC(C(C)(C)C)C1. The van der Waals surface area contributed by atoms with Crippen molar-refractivity contribution in [3.63, 3.8) is 0 Å². The third-order valence-electron chi connectivity index (χ3n) is 4.20. The van der Waals surface area contributed by atoms with Gasteiger partial charge in [0.25, 0.3) is 0 Å². The number of nitrogens with zero attached hydrogens (tertiary/aromatic N) is 1. The summed E-state index contributed by atoms with van der Waals surface area (Å²) in [5, 5.41) is 9.35. The largest absolute Gasteiger partial charge is 0.478 e. The van der Waals surface area contributed by atoms with E-state index < -0.39 is 5.97 Å². The Morgan fingerprint density at radius 1 is 1.37 bits per heavy atom. The minimum absolute atomic E-state index is 0.279. The maximum absolute atomic E-state index is 11.4. The molecular formula is C16H23NO2. The zero-order chi connectivity index (χ0) is 14.2. The predicted octanol–water partition coefficient (Wildman–Crippen LogP) is 3.57. The van der Waals surface area contributed by atoms with Gasteiger partial charge in [0.15, 0.2) is 0 Å². The van der Waals surface area contributed by atoms with Gasteiger partial charge in [0.05, 0.1) is 11.3 Å². The fourth-order valence-electron chi connectivity index (χ4n) is 2.92. The van der Waals surface area contributed by atoms with E-state index in [1.54, 1.807) is 6.07 Å². The van der Waals surface area contributed by atoms with Crippen LogP contribution in [-0.4, -0.2) is 24.2 Å². The van der Waals surface area contributed by atoms with Crippen LogP contribution in [0.3, 0.4) is 0 Å². The Hall–Kier alpha value is -1.51. The third-order valence-corrected chi connectivity index (χ3v) is 4.20. The van der Waals surface area contributed by atoms with Gasteiger partial charge in [-0.1, -0.05) is 32.9 Å². The molecule has 0 amide bonds. The lowest BCUT2D eigenvalue weighted by Crippen LogP contribution is -2.27. The molecule has 2 rings (SSSR count). The zero-order valence-corrected chi connectivity index (χ0v) is 12.2. The van der Waals surface area contributed by atoms with Crippen LogP contribution >= 0.6 is 0 Å². The molecule has 3 nitrogen and oxygen atoms in total. The van der Waals surface area contributed by atoms with E-state index in [1.165, 1.54) is 0 Å². The average molecular weight is 261 g/mol. The van der Waals surface area contributed by atoms with E-state index in [0.29, 0.717) is 11.5 Å². The number of benzene rings is 1. The summed E-state index contributed by atoms with van der Waals surface area (Å²) in [5.74, 6) is -0.216. The Morgan fingerprint density at radius 2 is 2.05 bits per heavy atom. The lowest BCUT2D eigenvalue weighted by Gasteiger charge is -2.28. The van der Waals surface area contributed by atoms with E-state index in [0.717, 1.165) is 30.8 Å². The standard InChI is InChI=1S/C16H23NO2/c1-11-6-5-7-13(15(18)19)14(11)17-9-8-12(10-17)16(2,3)4/h5-7,12H,8-10H2,1-4H3,(H,18,19). The van der Waals surface area contributed by atoms with Crippen LogP contribution in [0.1, 0.15) is 43.1 Å². The van der Waals surface area contributed by atoms with Crippen molar-refractivity contribution in [3.8, 4) is 0 Å². The first-order chi connectivity index (χ1) is 8.80. The van der Waals surface area contributed by atoms with Crippen molar-refractivity contribution in [2.45, 2.75) is 34.1 Å². The molecule has 1 N–H and O–H groups in total. The molecular weight excluding hydrogens is 238 g/mol. The van der Waals surface area contributed by atoms with Crippen LogP contribution in [0.25, 0.3) is 0 Å². The number of carboxylic acid groups (broad SMARTS) is 1. The Bertz CT molecular complexity index is 488. The molecule has 1 aromatic carbocycles. The van der Waals surface area contributed by atoms with Crippen molar-refractivity contribution in [1.82, 2.24) is 0 Å².